The summed E-state index contributed by atoms with van der Waals surface area (Å²) in [5, 5.41) is 25.9. The lowest BCUT2D eigenvalue weighted by molar-refractivity contribution is 0.0942. The molecule has 0 spiro atoms. The van der Waals surface area contributed by atoms with Gasteiger partial charge in [0.15, 0.2) is 11.5 Å². The van der Waals surface area contributed by atoms with Crippen LogP contribution in [0.25, 0.3) is 21.6 Å². The highest BCUT2D eigenvalue weighted by Gasteiger charge is 2.20. The van der Waals surface area contributed by atoms with Crippen molar-refractivity contribution in [1.29, 1.82) is 0 Å². The maximum Gasteiger partial charge on any atom is 0.274 e. The van der Waals surface area contributed by atoms with Crippen molar-refractivity contribution >= 4 is 28.1 Å². The van der Waals surface area contributed by atoms with Crippen LogP contribution in [0.1, 0.15) is 27.2 Å². The number of hydrogen-bond acceptors (Lipinski definition) is 6. The summed E-state index contributed by atoms with van der Waals surface area (Å²) in [4.78, 5) is 24.7. The highest BCUT2D eigenvalue weighted by Crippen LogP contribution is 2.30. The number of carbonyl (C=O) groups is 1. The number of thiophene rings is 1. The zero-order valence-corrected chi connectivity index (χ0v) is 18.3. The Bertz CT molecular complexity index is 1440. The molecule has 5 rings (SSSR count). The first-order chi connectivity index (χ1) is 16.1. The van der Waals surface area contributed by atoms with Crippen LogP contribution in [0.5, 0.6) is 11.6 Å². The van der Waals surface area contributed by atoms with E-state index in [0.29, 0.717) is 4.88 Å². The summed E-state index contributed by atoms with van der Waals surface area (Å²) in [5.74, 6) is -1.67. The smallest absolute Gasteiger partial charge is 0.274 e. The van der Waals surface area contributed by atoms with Crippen molar-refractivity contribution in [2.24, 2.45) is 0 Å². The predicted molar refractivity (Wildman–Crippen MR) is 127 cm³/mol. The van der Waals surface area contributed by atoms with Gasteiger partial charge in [0.25, 0.3) is 11.8 Å². The van der Waals surface area contributed by atoms with E-state index >= 15 is 0 Å². The third kappa shape index (κ3) is 4.28. The Kier molecular flexibility index (Phi) is 5.50. The number of rotatable bonds is 6. The van der Waals surface area contributed by atoms with Gasteiger partial charge >= 0.3 is 0 Å². The van der Waals surface area contributed by atoms with Crippen LogP contribution in [-0.4, -0.2) is 31.1 Å². The second kappa shape index (κ2) is 8.76. The monoisotopic (exact) mass is 456 g/mol. The Labute approximate surface area is 193 Å². The summed E-state index contributed by atoms with van der Waals surface area (Å²) in [6, 6.07) is 19.7. The van der Waals surface area contributed by atoms with Crippen LogP contribution < -0.4 is 5.32 Å². The summed E-state index contributed by atoms with van der Waals surface area (Å²) in [7, 11) is 0. The lowest BCUT2D eigenvalue weighted by Crippen LogP contribution is -2.24. The van der Waals surface area contributed by atoms with Gasteiger partial charge in [0.2, 0.25) is 5.75 Å². The number of H-pyrrole nitrogens is 1. The number of amides is 1. The molecule has 33 heavy (non-hydrogen) atoms. The van der Waals surface area contributed by atoms with Crippen LogP contribution in [0.3, 0.4) is 0 Å². The molecule has 0 aliphatic rings. The first kappa shape index (κ1) is 20.7. The molecule has 0 aliphatic carbocycles. The molecule has 4 N–H and O–H groups in total. The number of aromatic nitrogens is 3. The fraction of sp³-hybridized carbons (Fsp3) is 0.0800. The van der Waals surface area contributed by atoms with Crippen molar-refractivity contribution in [1.82, 2.24) is 20.3 Å². The molecule has 0 saturated carbocycles. The minimum atomic E-state index is -0.638. The number of aromatic hydroxyl groups is 2. The average Bonchev–Trinajstić information content (AvgIpc) is 3.50. The molecule has 0 saturated heterocycles. The van der Waals surface area contributed by atoms with Crippen LogP contribution in [0.15, 0.2) is 72.2 Å². The normalized spacial score (nSPS) is 11.0. The lowest BCUT2D eigenvalue weighted by Gasteiger charge is -2.09. The molecule has 5 aromatic rings. The van der Waals surface area contributed by atoms with Gasteiger partial charge in [-0.25, -0.2) is 4.98 Å². The molecule has 3 heterocycles. The fourth-order valence-electron chi connectivity index (χ4n) is 3.73. The van der Waals surface area contributed by atoms with E-state index in [2.05, 4.69) is 38.5 Å². The minimum absolute atomic E-state index is 0.186. The molecular formula is C25H20N4O3S. The third-order valence-electron chi connectivity index (χ3n) is 5.34. The zero-order chi connectivity index (χ0) is 22.8. The summed E-state index contributed by atoms with van der Waals surface area (Å²) in [6.45, 7) is 0.249. The van der Waals surface area contributed by atoms with Crippen molar-refractivity contribution in [3.05, 3.63) is 94.6 Å². The number of para-hydroxylation sites is 1. The number of fused-ring (bicyclic) bond motifs is 1. The number of carbonyl (C=O) groups excluding carboxylic acids is 1. The van der Waals surface area contributed by atoms with Crippen molar-refractivity contribution in [2.75, 3.05) is 0 Å². The van der Waals surface area contributed by atoms with E-state index in [0.717, 1.165) is 23.1 Å². The molecule has 164 valence electrons. The number of nitrogens with one attached hydrogen (secondary N) is 2. The van der Waals surface area contributed by atoms with E-state index in [4.69, 9.17) is 0 Å². The Morgan fingerprint density at radius 3 is 2.70 bits per heavy atom. The Morgan fingerprint density at radius 1 is 1.00 bits per heavy atom. The molecule has 7 nitrogen and oxygen atoms in total. The summed E-state index contributed by atoms with van der Waals surface area (Å²) in [5.41, 5.74) is 4.08. The molecule has 8 heteroatoms. The first-order valence-corrected chi connectivity index (χ1v) is 11.2. The molecule has 0 atom stereocenters. The summed E-state index contributed by atoms with van der Waals surface area (Å²) < 4.78 is 0. The summed E-state index contributed by atoms with van der Waals surface area (Å²) >= 11 is 1.37. The Hall–Kier alpha value is -4.17. The largest absolute Gasteiger partial charge is 0.501 e. The van der Waals surface area contributed by atoms with Gasteiger partial charge in [-0.1, -0.05) is 48.5 Å². The SMILES string of the molecule is O=C(NCc1cccc(Cc2c[nH]c3ccccc23)c1)c1nc(-c2cccs2)nc(O)c1O. The Balaban J connectivity index is 1.31. The van der Waals surface area contributed by atoms with Crippen LogP contribution in [-0.2, 0) is 13.0 Å². The average molecular weight is 457 g/mol. The molecule has 1 amide bonds. The zero-order valence-electron chi connectivity index (χ0n) is 17.4. The van der Waals surface area contributed by atoms with E-state index in [1.165, 1.54) is 22.3 Å². The summed E-state index contributed by atoms with van der Waals surface area (Å²) in [6.07, 6.45) is 2.78. The van der Waals surface area contributed by atoms with E-state index in [1.807, 2.05) is 48.0 Å². The van der Waals surface area contributed by atoms with Gasteiger partial charge in [0.1, 0.15) is 0 Å². The standard InChI is InChI=1S/C25H20N4O3S/c30-22-21(28-23(29-25(22)32)20-9-4-10-33-20)24(31)27-13-16-6-3-5-15(11-16)12-17-14-26-19-8-2-1-7-18(17)19/h1-11,14,26,30H,12-13H2,(H,27,31)(H,28,29,32). The predicted octanol–water partition coefficient (Wildman–Crippen LogP) is 4.62. The molecule has 2 aromatic carbocycles. The highest BCUT2D eigenvalue weighted by atomic mass is 32.1. The number of nitrogens with zero attached hydrogens (tertiary/aromatic N) is 2. The van der Waals surface area contributed by atoms with Crippen molar-refractivity contribution < 1.29 is 15.0 Å². The van der Waals surface area contributed by atoms with E-state index in [1.54, 1.807) is 6.07 Å². The van der Waals surface area contributed by atoms with Gasteiger partial charge in [0.05, 0.1) is 4.88 Å². The van der Waals surface area contributed by atoms with Crippen LogP contribution >= 0.6 is 11.3 Å². The van der Waals surface area contributed by atoms with Gasteiger partial charge in [-0.2, -0.15) is 4.98 Å². The van der Waals surface area contributed by atoms with Crippen molar-refractivity contribution in [3.8, 4) is 22.3 Å². The molecule has 0 bridgehead atoms. The van der Waals surface area contributed by atoms with E-state index < -0.39 is 17.5 Å². The van der Waals surface area contributed by atoms with E-state index in [-0.39, 0.29) is 18.1 Å². The number of benzene rings is 2. The third-order valence-corrected chi connectivity index (χ3v) is 6.20. The maximum absolute atomic E-state index is 12.7. The number of hydrogen-bond donors (Lipinski definition) is 4. The Morgan fingerprint density at radius 2 is 1.85 bits per heavy atom. The van der Waals surface area contributed by atoms with Crippen LogP contribution in [0, 0.1) is 0 Å². The molecule has 3 aromatic heterocycles. The highest BCUT2D eigenvalue weighted by molar-refractivity contribution is 7.13. The molecule has 0 aliphatic heterocycles. The second-order valence-electron chi connectivity index (χ2n) is 7.58. The lowest BCUT2D eigenvalue weighted by atomic mass is 10.0. The number of aromatic amines is 1. The molecule has 0 radical (unpaired) electrons. The van der Waals surface area contributed by atoms with Gasteiger partial charge in [0, 0.05) is 23.6 Å². The minimum Gasteiger partial charge on any atom is -0.501 e. The van der Waals surface area contributed by atoms with Gasteiger partial charge in [-0.3, -0.25) is 4.79 Å². The molecule has 0 fully saturated rings. The van der Waals surface area contributed by atoms with Crippen LogP contribution in [0.2, 0.25) is 0 Å². The first-order valence-electron chi connectivity index (χ1n) is 10.3. The quantitative estimate of drug-likeness (QED) is 0.298. The van der Waals surface area contributed by atoms with Gasteiger partial charge in [-0.05, 0) is 40.6 Å². The molecular weight excluding hydrogens is 436 g/mol. The topological polar surface area (TPSA) is 111 Å². The maximum atomic E-state index is 12.7. The van der Waals surface area contributed by atoms with Crippen molar-refractivity contribution in [3.63, 3.8) is 0 Å². The van der Waals surface area contributed by atoms with E-state index in [9.17, 15) is 15.0 Å². The fourth-order valence-corrected chi connectivity index (χ4v) is 4.39. The second-order valence-corrected chi connectivity index (χ2v) is 8.53. The van der Waals surface area contributed by atoms with Gasteiger partial charge in [-0.15, -0.1) is 11.3 Å². The van der Waals surface area contributed by atoms with Crippen molar-refractivity contribution in [2.45, 2.75) is 13.0 Å². The van der Waals surface area contributed by atoms with Gasteiger partial charge < -0.3 is 20.5 Å². The molecule has 0 unspecified atom stereocenters. The van der Waals surface area contributed by atoms with Crippen LogP contribution in [0.4, 0.5) is 0 Å².